The number of carbonyl (C=O) groups excluding carboxylic acids is 1. The van der Waals surface area contributed by atoms with Gasteiger partial charge in [0.2, 0.25) is 0 Å². The Hall–Kier alpha value is -1.62. The summed E-state index contributed by atoms with van der Waals surface area (Å²) in [6.07, 6.45) is 0.571. The number of nitrogens with one attached hydrogen (secondary N) is 1. The van der Waals surface area contributed by atoms with Crippen LogP contribution in [0.5, 0.6) is 5.75 Å². The molecule has 82 valence electrons. The second-order valence-electron chi connectivity index (χ2n) is 3.15. The molecule has 1 aromatic rings. The van der Waals surface area contributed by atoms with Gasteiger partial charge in [0.25, 0.3) is 0 Å². The lowest BCUT2D eigenvalue weighted by Gasteiger charge is -2.09. The lowest BCUT2D eigenvalue weighted by molar-refractivity contribution is 0.0657. The first-order valence-electron chi connectivity index (χ1n) is 4.52. The van der Waals surface area contributed by atoms with Crippen molar-refractivity contribution in [3.63, 3.8) is 0 Å². The second-order valence-corrected chi connectivity index (χ2v) is 3.15. The lowest BCUT2D eigenvalue weighted by atomic mass is 10.2. The van der Waals surface area contributed by atoms with Gasteiger partial charge >= 0.3 is 0 Å². The van der Waals surface area contributed by atoms with Gasteiger partial charge in [-0.15, -0.1) is 9.60 Å². The number of halogens is 1. The molecule has 0 aliphatic rings. The summed E-state index contributed by atoms with van der Waals surface area (Å²) < 4.78 is 12.3. The van der Waals surface area contributed by atoms with Crippen molar-refractivity contribution in [1.82, 2.24) is 5.12 Å². The van der Waals surface area contributed by atoms with Crippen LogP contribution in [0.4, 0.5) is 10.2 Å². The first-order valence-corrected chi connectivity index (χ1v) is 4.52. The molecule has 15 heavy (non-hydrogen) atoms. The minimum absolute atomic E-state index is 0.0573. The van der Waals surface area contributed by atoms with Crippen LogP contribution in [0.15, 0.2) is 18.2 Å². The Bertz CT molecular complexity index is 342. The highest BCUT2D eigenvalue weighted by molar-refractivity contribution is 5.81. The fourth-order valence-electron chi connectivity index (χ4n) is 1.11. The maximum absolute atomic E-state index is 12.3. The van der Waals surface area contributed by atoms with E-state index in [1.807, 2.05) is 0 Å². The van der Waals surface area contributed by atoms with Gasteiger partial charge in [0.1, 0.15) is 5.75 Å². The third-order valence-corrected chi connectivity index (χ3v) is 1.90. The molecule has 1 rings (SSSR count). The molecule has 0 fully saturated rings. The van der Waals surface area contributed by atoms with Crippen molar-refractivity contribution in [2.75, 3.05) is 25.5 Å². The molecule has 0 heterocycles. The number of anilines is 1. The van der Waals surface area contributed by atoms with Crippen LogP contribution in [0.2, 0.25) is 0 Å². The molecule has 0 amide bonds. The first kappa shape index (κ1) is 11.5. The number of phenolic OH excluding ortho intramolecular Hbond substituents is 1. The largest absolute Gasteiger partial charge is 0.507 e. The zero-order chi connectivity index (χ0) is 11.3. The van der Waals surface area contributed by atoms with E-state index < -0.39 is 0 Å². The van der Waals surface area contributed by atoms with Crippen LogP contribution in [0.1, 0.15) is 10.4 Å². The molecule has 0 aliphatic carbocycles. The maximum Gasteiger partial charge on any atom is 0.153 e. The number of rotatable bonds is 5. The van der Waals surface area contributed by atoms with Gasteiger partial charge in [-0.1, -0.05) is 0 Å². The van der Waals surface area contributed by atoms with Crippen molar-refractivity contribution in [2.24, 2.45) is 0 Å². The smallest absolute Gasteiger partial charge is 0.153 e. The van der Waals surface area contributed by atoms with Crippen LogP contribution in [0.25, 0.3) is 0 Å². The summed E-state index contributed by atoms with van der Waals surface area (Å²) in [6.45, 7) is 0.674. The van der Waals surface area contributed by atoms with Crippen LogP contribution >= 0.6 is 0 Å². The molecule has 5 heteroatoms. The van der Waals surface area contributed by atoms with E-state index in [0.717, 1.165) is 0 Å². The number of benzene rings is 1. The number of aromatic hydroxyl groups is 1. The zero-order valence-corrected chi connectivity index (χ0v) is 8.40. The highest BCUT2D eigenvalue weighted by Crippen LogP contribution is 2.19. The number of nitrogens with zero attached hydrogens (tertiary/aromatic N) is 1. The summed E-state index contributed by atoms with van der Waals surface area (Å²) in [7, 11) is 1.33. The molecule has 2 N–H and O–H groups in total. The Labute approximate surface area is 87.3 Å². The van der Waals surface area contributed by atoms with Gasteiger partial charge in [0.15, 0.2) is 6.29 Å². The third-order valence-electron chi connectivity index (χ3n) is 1.90. The quantitative estimate of drug-likeness (QED) is 0.440. The molecule has 0 saturated heterocycles. The highest BCUT2D eigenvalue weighted by Gasteiger charge is 2.01. The van der Waals surface area contributed by atoms with Gasteiger partial charge in [0.05, 0.1) is 5.56 Å². The van der Waals surface area contributed by atoms with E-state index in [-0.39, 0.29) is 17.9 Å². The Morgan fingerprint density at radius 1 is 1.60 bits per heavy atom. The van der Waals surface area contributed by atoms with Gasteiger partial charge in [0, 0.05) is 25.8 Å². The second kappa shape index (κ2) is 5.31. The van der Waals surface area contributed by atoms with E-state index in [0.29, 0.717) is 23.6 Å². The van der Waals surface area contributed by atoms with E-state index in [1.165, 1.54) is 19.2 Å². The molecule has 0 bridgehead atoms. The molecular formula is C10H13FN2O2. The molecule has 1 aromatic carbocycles. The topological polar surface area (TPSA) is 52.6 Å². The number of carbonyl (C=O) groups is 1. The van der Waals surface area contributed by atoms with Crippen molar-refractivity contribution in [1.29, 1.82) is 0 Å². The minimum atomic E-state index is -0.0573. The Morgan fingerprint density at radius 3 is 2.93 bits per heavy atom. The summed E-state index contributed by atoms with van der Waals surface area (Å²) in [5.41, 5.74) is 0.894. The van der Waals surface area contributed by atoms with Crippen LogP contribution in [0, 0.1) is 0 Å². The van der Waals surface area contributed by atoms with E-state index in [4.69, 9.17) is 0 Å². The van der Waals surface area contributed by atoms with E-state index in [9.17, 15) is 14.4 Å². The number of phenols is 1. The summed E-state index contributed by atoms with van der Waals surface area (Å²) in [6, 6.07) is 4.56. The first-order chi connectivity index (χ1) is 7.13. The lowest BCUT2D eigenvalue weighted by Crippen LogP contribution is -2.17. The molecule has 0 aliphatic heterocycles. The fraction of sp³-hybridized carbons (Fsp3) is 0.300. The standard InChI is InChI=1S/C10H13FN2O2/c1-13(11)5-4-12-9-2-3-10(15)8(6-9)7-14/h2-3,6-7,12,15H,4-5H2,1H3. The molecular weight excluding hydrogens is 199 g/mol. The monoisotopic (exact) mass is 212 g/mol. The highest BCUT2D eigenvalue weighted by atomic mass is 19.2. The van der Waals surface area contributed by atoms with Crippen molar-refractivity contribution >= 4 is 12.0 Å². The summed E-state index contributed by atoms with van der Waals surface area (Å²) in [5, 5.41) is 12.7. The minimum Gasteiger partial charge on any atom is -0.507 e. The molecule has 0 saturated carbocycles. The van der Waals surface area contributed by atoms with Crippen molar-refractivity contribution in [2.45, 2.75) is 0 Å². The average Bonchev–Trinajstić information content (AvgIpc) is 2.20. The van der Waals surface area contributed by atoms with Crippen molar-refractivity contribution in [3.8, 4) is 5.75 Å². The van der Waals surface area contributed by atoms with Crippen molar-refractivity contribution < 1.29 is 14.4 Å². The van der Waals surface area contributed by atoms with Crippen LogP contribution in [-0.4, -0.2) is 36.7 Å². The molecule has 0 atom stereocenters. The Kier molecular flexibility index (Phi) is 4.05. The molecule has 4 nitrogen and oxygen atoms in total. The predicted octanol–water partition coefficient (Wildman–Crippen LogP) is 1.43. The van der Waals surface area contributed by atoms with Gasteiger partial charge < -0.3 is 10.4 Å². The average molecular weight is 212 g/mol. The summed E-state index contributed by atoms with van der Waals surface area (Å²) >= 11 is 0. The Balaban J connectivity index is 2.58. The molecule has 0 unspecified atom stereocenters. The maximum atomic E-state index is 12.3. The summed E-state index contributed by atoms with van der Waals surface area (Å²) in [5.74, 6) is -0.0573. The van der Waals surface area contributed by atoms with Gasteiger partial charge in [-0.05, 0) is 18.2 Å². The van der Waals surface area contributed by atoms with E-state index >= 15 is 0 Å². The van der Waals surface area contributed by atoms with Gasteiger partial charge in [-0.3, -0.25) is 4.79 Å². The number of likely N-dealkylation sites (N-methyl/N-ethyl adjacent to an activating group) is 1. The van der Waals surface area contributed by atoms with Gasteiger partial charge in [-0.2, -0.15) is 0 Å². The van der Waals surface area contributed by atoms with E-state index in [1.54, 1.807) is 6.07 Å². The van der Waals surface area contributed by atoms with Crippen LogP contribution in [-0.2, 0) is 0 Å². The number of hydrogen-bond acceptors (Lipinski definition) is 4. The normalized spacial score (nSPS) is 10.3. The fourth-order valence-corrected chi connectivity index (χ4v) is 1.11. The van der Waals surface area contributed by atoms with Crippen LogP contribution < -0.4 is 5.32 Å². The van der Waals surface area contributed by atoms with Crippen LogP contribution in [0.3, 0.4) is 0 Å². The van der Waals surface area contributed by atoms with Gasteiger partial charge in [-0.25, -0.2) is 0 Å². The molecule has 0 radical (unpaired) electrons. The van der Waals surface area contributed by atoms with E-state index in [2.05, 4.69) is 5.32 Å². The zero-order valence-electron chi connectivity index (χ0n) is 8.40. The number of aldehydes is 1. The predicted molar refractivity (Wildman–Crippen MR) is 55.7 cm³/mol. The third kappa shape index (κ3) is 3.55. The van der Waals surface area contributed by atoms with Crippen molar-refractivity contribution in [3.05, 3.63) is 23.8 Å². The molecule has 0 aromatic heterocycles. The summed E-state index contributed by atoms with van der Waals surface area (Å²) in [4.78, 5) is 10.5. The molecule has 0 spiro atoms. The number of hydrogen-bond donors (Lipinski definition) is 2. The Morgan fingerprint density at radius 2 is 2.33 bits per heavy atom. The SMILES string of the molecule is CN(F)CCNc1ccc(O)c(C=O)c1.